The quantitative estimate of drug-likeness (QED) is 0.701. The van der Waals surface area contributed by atoms with Crippen LogP contribution in [0, 0.1) is 11.7 Å². The number of hydrogen-bond acceptors (Lipinski definition) is 1. The maximum Gasteiger partial charge on any atom is 0.162 e. The SMILES string of the molecule is O=C(CCC1CCCCC1)c1ccc(F)c(Cl)c1. The summed E-state index contributed by atoms with van der Waals surface area (Å²) in [5, 5.41) is 0.0264. The van der Waals surface area contributed by atoms with Gasteiger partial charge in [0.15, 0.2) is 5.78 Å². The third-order valence-corrected chi connectivity index (χ3v) is 4.04. The summed E-state index contributed by atoms with van der Waals surface area (Å²) in [6.45, 7) is 0. The van der Waals surface area contributed by atoms with Crippen LogP contribution in [-0.2, 0) is 0 Å². The van der Waals surface area contributed by atoms with Gasteiger partial charge < -0.3 is 0 Å². The number of carbonyl (C=O) groups is 1. The standard InChI is InChI=1S/C15H18ClFO/c16-13-10-12(7-8-14(13)17)15(18)9-6-11-4-2-1-3-5-11/h7-8,10-11H,1-6,9H2. The van der Waals surface area contributed by atoms with Crippen molar-refractivity contribution in [3.63, 3.8) is 0 Å². The second-order valence-corrected chi connectivity index (χ2v) is 5.50. The lowest BCUT2D eigenvalue weighted by molar-refractivity contribution is 0.0970. The van der Waals surface area contributed by atoms with E-state index >= 15 is 0 Å². The molecular weight excluding hydrogens is 251 g/mol. The van der Waals surface area contributed by atoms with Crippen molar-refractivity contribution in [2.45, 2.75) is 44.9 Å². The molecule has 0 aromatic heterocycles. The highest BCUT2D eigenvalue weighted by atomic mass is 35.5. The monoisotopic (exact) mass is 268 g/mol. The molecule has 0 aliphatic heterocycles. The van der Waals surface area contributed by atoms with Crippen LogP contribution in [0.1, 0.15) is 55.3 Å². The maximum absolute atomic E-state index is 13.0. The average molecular weight is 269 g/mol. The average Bonchev–Trinajstić information content (AvgIpc) is 2.40. The highest BCUT2D eigenvalue weighted by Crippen LogP contribution is 2.28. The molecule has 0 spiro atoms. The van der Waals surface area contributed by atoms with E-state index in [1.807, 2.05) is 0 Å². The van der Waals surface area contributed by atoms with Crippen molar-refractivity contribution in [1.82, 2.24) is 0 Å². The van der Waals surface area contributed by atoms with Crippen molar-refractivity contribution >= 4 is 17.4 Å². The minimum atomic E-state index is -0.472. The molecule has 1 aliphatic carbocycles. The first kappa shape index (κ1) is 13.5. The van der Waals surface area contributed by atoms with E-state index in [2.05, 4.69) is 0 Å². The van der Waals surface area contributed by atoms with Crippen molar-refractivity contribution in [3.05, 3.63) is 34.6 Å². The molecule has 1 nitrogen and oxygen atoms in total. The van der Waals surface area contributed by atoms with Crippen molar-refractivity contribution in [1.29, 1.82) is 0 Å². The Morgan fingerprint density at radius 3 is 2.67 bits per heavy atom. The first-order chi connectivity index (χ1) is 8.66. The van der Waals surface area contributed by atoms with Crippen LogP contribution in [0.3, 0.4) is 0 Å². The van der Waals surface area contributed by atoms with Gasteiger partial charge in [0.2, 0.25) is 0 Å². The van der Waals surface area contributed by atoms with Crippen LogP contribution in [0.15, 0.2) is 18.2 Å². The minimum Gasteiger partial charge on any atom is -0.294 e. The van der Waals surface area contributed by atoms with Gasteiger partial charge in [-0.2, -0.15) is 0 Å². The maximum atomic E-state index is 13.0. The zero-order valence-corrected chi connectivity index (χ0v) is 11.2. The van der Waals surface area contributed by atoms with Crippen LogP contribution < -0.4 is 0 Å². The Morgan fingerprint density at radius 1 is 1.28 bits per heavy atom. The molecule has 0 unspecified atom stereocenters. The zero-order chi connectivity index (χ0) is 13.0. The van der Waals surface area contributed by atoms with Crippen LogP contribution in [0.25, 0.3) is 0 Å². The minimum absolute atomic E-state index is 0.0264. The first-order valence-electron chi connectivity index (χ1n) is 6.65. The van der Waals surface area contributed by atoms with Crippen LogP contribution in [0.5, 0.6) is 0 Å². The molecule has 3 heteroatoms. The van der Waals surface area contributed by atoms with E-state index < -0.39 is 5.82 Å². The van der Waals surface area contributed by atoms with Crippen molar-refractivity contribution in [2.75, 3.05) is 0 Å². The molecule has 0 atom stereocenters. The Bertz CT molecular complexity index is 425. The van der Waals surface area contributed by atoms with E-state index in [0.29, 0.717) is 17.9 Å². The highest BCUT2D eigenvalue weighted by molar-refractivity contribution is 6.31. The number of ketones is 1. The van der Waals surface area contributed by atoms with Crippen LogP contribution in [0.2, 0.25) is 5.02 Å². The van der Waals surface area contributed by atoms with Crippen LogP contribution in [0.4, 0.5) is 4.39 Å². The van der Waals surface area contributed by atoms with Crippen LogP contribution in [-0.4, -0.2) is 5.78 Å². The largest absolute Gasteiger partial charge is 0.294 e. The Kier molecular flexibility index (Phi) is 4.76. The van der Waals surface area contributed by atoms with Gasteiger partial charge in [0.1, 0.15) is 5.82 Å². The van der Waals surface area contributed by atoms with Crippen molar-refractivity contribution < 1.29 is 9.18 Å². The lowest BCUT2D eigenvalue weighted by atomic mass is 9.85. The van der Waals surface area contributed by atoms with E-state index in [-0.39, 0.29) is 10.8 Å². The Labute approximate surface area is 112 Å². The lowest BCUT2D eigenvalue weighted by Crippen LogP contribution is -2.09. The summed E-state index contributed by atoms with van der Waals surface area (Å²) in [5.74, 6) is 0.293. The number of hydrogen-bond donors (Lipinski definition) is 0. The normalized spacial score (nSPS) is 16.8. The van der Waals surface area contributed by atoms with Gasteiger partial charge in [0.05, 0.1) is 5.02 Å². The molecule has 1 aliphatic rings. The molecule has 1 saturated carbocycles. The first-order valence-corrected chi connectivity index (χ1v) is 7.03. The zero-order valence-electron chi connectivity index (χ0n) is 10.4. The fraction of sp³-hybridized carbons (Fsp3) is 0.533. The summed E-state index contributed by atoms with van der Waals surface area (Å²) < 4.78 is 13.0. The van der Waals surface area contributed by atoms with E-state index in [0.717, 1.165) is 6.42 Å². The molecule has 0 saturated heterocycles. The molecule has 18 heavy (non-hydrogen) atoms. The van der Waals surface area contributed by atoms with Gasteiger partial charge >= 0.3 is 0 Å². The van der Waals surface area contributed by atoms with Gasteiger partial charge in [0, 0.05) is 12.0 Å². The molecule has 0 heterocycles. The third-order valence-electron chi connectivity index (χ3n) is 3.75. The van der Waals surface area contributed by atoms with Crippen LogP contribution >= 0.6 is 11.6 Å². The topological polar surface area (TPSA) is 17.1 Å². The molecule has 98 valence electrons. The predicted octanol–water partition coefficient (Wildman–Crippen LogP) is 5.02. The Morgan fingerprint density at radius 2 is 2.00 bits per heavy atom. The Hall–Kier alpha value is -0.890. The molecule has 0 amide bonds. The lowest BCUT2D eigenvalue weighted by Gasteiger charge is -2.20. The Balaban J connectivity index is 1.88. The fourth-order valence-electron chi connectivity index (χ4n) is 2.62. The summed E-state index contributed by atoms with van der Waals surface area (Å²) in [5.41, 5.74) is 0.525. The molecule has 2 rings (SSSR count). The van der Waals surface area contributed by atoms with Crippen molar-refractivity contribution in [2.24, 2.45) is 5.92 Å². The summed E-state index contributed by atoms with van der Waals surface area (Å²) in [6.07, 6.45) is 7.91. The van der Waals surface area contributed by atoms with Gasteiger partial charge in [-0.05, 0) is 30.5 Å². The smallest absolute Gasteiger partial charge is 0.162 e. The van der Waals surface area contributed by atoms with Gasteiger partial charge in [-0.25, -0.2) is 4.39 Å². The van der Waals surface area contributed by atoms with Gasteiger partial charge in [-0.3, -0.25) is 4.79 Å². The van der Waals surface area contributed by atoms with Gasteiger partial charge in [-0.1, -0.05) is 43.7 Å². The molecule has 1 aromatic carbocycles. The highest BCUT2D eigenvalue weighted by Gasteiger charge is 2.16. The van der Waals surface area contributed by atoms with E-state index in [9.17, 15) is 9.18 Å². The molecule has 1 fully saturated rings. The molecule has 0 bridgehead atoms. The molecule has 0 N–H and O–H groups in total. The molecule has 0 radical (unpaired) electrons. The second kappa shape index (κ2) is 6.33. The predicted molar refractivity (Wildman–Crippen MR) is 71.5 cm³/mol. The fourth-order valence-corrected chi connectivity index (χ4v) is 2.81. The number of halogens is 2. The summed E-state index contributed by atoms with van der Waals surface area (Å²) >= 11 is 5.68. The summed E-state index contributed by atoms with van der Waals surface area (Å²) in [4.78, 5) is 12.0. The number of benzene rings is 1. The summed E-state index contributed by atoms with van der Waals surface area (Å²) in [6, 6.07) is 4.21. The summed E-state index contributed by atoms with van der Waals surface area (Å²) in [7, 11) is 0. The van der Waals surface area contributed by atoms with Crippen molar-refractivity contribution in [3.8, 4) is 0 Å². The second-order valence-electron chi connectivity index (χ2n) is 5.09. The number of rotatable bonds is 4. The van der Waals surface area contributed by atoms with E-state index in [4.69, 9.17) is 11.6 Å². The number of Topliss-reactive ketones (excluding diaryl/α,β-unsaturated/α-hetero) is 1. The van der Waals surface area contributed by atoms with E-state index in [1.54, 1.807) is 0 Å². The van der Waals surface area contributed by atoms with Gasteiger partial charge in [0.25, 0.3) is 0 Å². The number of carbonyl (C=O) groups excluding carboxylic acids is 1. The van der Waals surface area contributed by atoms with E-state index in [1.165, 1.54) is 50.3 Å². The molecule has 1 aromatic rings. The third kappa shape index (κ3) is 3.55. The van der Waals surface area contributed by atoms with Gasteiger partial charge in [-0.15, -0.1) is 0 Å². The molecular formula is C15H18ClFO.